The molecule has 0 amide bonds. The van der Waals surface area contributed by atoms with E-state index < -0.39 is 82.0 Å². The van der Waals surface area contributed by atoms with Crippen LogP contribution in [0.15, 0.2) is 0 Å². The van der Waals surface area contributed by atoms with Crippen LogP contribution in [0.4, 0.5) is 0 Å². The highest BCUT2D eigenvalue weighted by molar-refractivity contribution is 7.77. The zero-order valence-electron chi connectivity index (χ0n) is 86.4. The summed E-state index contributed by atoms with van der Waals surface area (Å²) in [6.45, 7) is 67.1. The molecule has 0 aliphatic heterocycles. The van der Waals surface area contributed by atoms with Crippen LogP contribution in [0.1, 0.15) is 145 Å². The van der Waals surface area contributed by atoms with Gasteiger partial charge in [0, 0.05) is 101 Å². The first kappa shape index (κ1) is 148. The Labute approximate surface area is 786 Å². The molecule has 0 unspecified atom stereocenters. The Morgan fingerprint density at radius 2 is 0.234 bits per heavy atom. The van der Waals surface area contributed by atoms with Crippen LogP contribution >= 0.6 is 50.8 Å². The normalized spacial score (nSPS) is 11.4. The van der Waals surface area contributed by atoms with Crippen molar-refractivity contribution < 1.29 is 154 Å². The largest absolute Gasteiger partial charge is 0.907 e. The second-order valence-electron chi connectivity index (χ2n) is 29.0. The molecule has 0 atom stereocenters. The number of carboxylic acid groups (broad SMARTS) is 4. The van der Waals surface area contributed by atoms with Gasteiger partial charge in [-0.15, -0.1) is 0 Å². The van der Waals surface area contributed by atoms with E-state index in [9.17, 15) is 0 Å². The molecule has 0 rings (SSSR count). The van der Waals surface area contributed by atoms with Crippen molar-refractivity contribution in [1.82, 2.24) is 0 Å². The van der Waals surface area contributed by atoms with Gasteiger partial charge >= 0.3 is 0 Å². The smallest absolute Gasteiger partial charge is 0.157 e. The molecule has 0 bridgehead atoms. The summed E-state index contributed by atoms with van der Waals surface area (Å²) in [7, 11) is 3.25. The SMILES string of the molecule is CC[P+](CC)(CC)COCCOCCOC.CC[P+](CC)(CC)COCCOCCOC.CC[P+](CC)(CC)COCCOCCOC.CC[P+](CC)(CC)COCCOCCOC.CC[P+](CC)(CC)COCCOCCOC.CC[P+](CC)(CC)COCCOCCOC.CC[P+](CC)(CC)COCCOCCOC.O=C([O-])C(=O)[O-].O=C([O-])C(=O)[O-].[O-]B([O-])[O-]. The molecule has 0 fully saturated rings. The maximum Gasteiger partial charge on any atom is 0.157 e. The lowest BCUT2D eigenvalue weighted by atomic mass is 10.3. The molecule has 0 radical (unpaired) electrons. The third-order valence-corrected chi connectivity index (χ3v) is 55.9. The van der Waals surface area contributed by atoms with Crippen molar-refractivity contribution in [3.05, 3.63) is 0 Å². The second kappa shape index (κ2) is 112. The Balaban J connectivity index is -0.000000154. The third-order valence-electron chi connectivity index (χ3n) is 22.6. The van der Waals surface area contributed by atoms with E-state index in [1.165, 1.54) is 129 Å². The number of methoxy groups -OCH3 is 7. The first-order valence-corrected chi connectivity index (χ1v) is 64.2. The summed E-state index contributed by atoms with van der Waals surface area (Å²) < 4.78 is 112. The molecule has 0 aliphatic carbocycles. The van der Waals surface area contributed by atoms with Gasteiger partial charge in [-0.25, -0.2) is 0 Å². The number of rotatable bonds is 77. The van der Waals surface area contributed by atoms with Crippen molar-refractivity contribution in [3.8, 4) is 0 Å². The number of ether oxygens (including phenoxy) is 21. The van der Waals surface area contributed by atoms with Gasteiger partial charge in [0.15, 0.2) is 44.4 Å². The third kappa shape index (κ3) is 99.0. The van der Waals surface area contributed by atoms with Crippen molar-refractivity contribution in [3.63, 3.8) is 0 Å². The van der Waals surface area contributed by atoms with Crippen molar-refractivity contribution in [2.45, 2.75) is 145 Å². The van der Waals surface area contributed by atoms with Crippen LogP contribution in [0.2, 0.25) is 0 Å². The summed E-state index contributed by atoms with van der Waals surface area (Å²) in [5.41, 5.74) is 0. The maximum absolute atomic E-state index is 8.93. The van der Waals surface area contributed by atoms with E-state index in [2.05, 4.69) is 145 Å². The fraction of sp³-hybridized carbons (Fsp3) is 0.955. The molecule has 128 heavy (non-hydrogen) atoms. The molecule has 0 aromatic heterocycles. The van der Waals surface area contributed by atoms with Crippen LogP contribution in [0.5, 0.6) is 0 Å². The standard InChI is InChI=1S/7C12H28O3P.2C2H2O4.BO3/c7*1-5-16(6-2,7-3)12-15-11-10-14-9-8-13-4;2*3-1(4)2(5)6;2-1(3)4/h7*5-12H2,1-4H3;2*(H,3,4)(H,5,6);/q7*+1;;;-3/p-4. The topological polar surface area (TPSA) is 424 Å². The highest BCUT2D eigenvalue weighted by Gasteiger charge is 2.36. The quantitative estimate of drug-likeness (QED) is 0.0241. The molecule has 0 heterocycles. The number of aliphatic carboxylic acids is 4. The van der Waals surface area contributed by atoms with Crippen LogP contribution in [-0.2, 0) is 119 Å². The monoisotopic (exact) mass is 1990 g/mol. The molecule has 0 aliphatic rings. The fourth-order valence-electron chi connectivity index (χ4n) is 11.0. The summed E-state index contributed by atoms with van der Waals surface area (Å²) >= 11 is 0. The molecule has 32 nitrogen and oxygen atoms in total. The molecule has 40 heteroatoms. The van der Waals surface area contributed by atoms with E-state index in [0.29, 0.717) is 185 Å². The van der Waals surface area contributed by atoms with E-state index in [4.69, 9.17) is 154 Å². The second-order valence-corrected chi connectivity index (χ2v) is 62.8. The predicted molar refractivity (Wildman–Crippen MR) is 530 cm³/mol. The fourth-order valence-corrected chi connectivity index (χ4v) is 27.8. The molecule has 778 valence electrons. The van der Waals surface area contributed by atoms with Gasteiger partial charge < -0.3 is 154 Å². The number of carboxylic acids is 4. The molecule has 0 saturated carbocycles. The lowest BCUT2D eigenvalue weighted by Gasteiger charge is -2.35. The van der Waals surface area contributed by atoms with E-state index >= 15 is 0 Å². The Hall–Kier alpha value is -0.00506. The summed E-state index contributed by atoms with van der Waals surface area (Å²) in [5, 5.41) is 61.0. The first-order chi connectivity index (χ1) is 61.2. The van der Waals surface area contributed by atoms with Gasteiger partial charge in [-0.05, 0) is 145 Å². The number of hydrogen-bond acceptors (Lipinski definition) is 32. The predicted octanol–water partition coefficient (Wildman–Crippen LogP) is 7.93. The van der Waals surface area contributed by atoms with E-state index in [1.54, 1.807) is 49.8 Å². The first-order valence-electron chi connectivity index (χ1n) is 46.5. The van der Waals surface area contributed by atoms with Crippen molar-refractivity contribution in [1.29, 1.82) is 0 Å². The Morgan fingerprint density at radius 3 is 0.297 bits per heavy atom. The summed E-state index contributed by atoms with van der Waals surface area (Å²) in [4.78, 5) is 35.7. The number of carbonyl (C=O) groups is 4. The van der Waals surface area contributed by atoms with Gasteiger partial charge in [0.2, 0.25) is 0 Å². The molecule has 0 aromatic rings. The molecule has 0 saturated heterocycles. The molecular formula is C88H196BO32P7. The molecule has 0 N–H and O–H groups in total. The minimum atomic E-state index is -2.92. The van der Waals surface area contributed by atoms with Crippen LogP contribution in [-0.4, -0.2) is 440 Å². The van der Waals surface area contributed by atoms with Gasteiger partial charge in [-0.3, -0.25) is 7.32 Å². The minimum absolute atomic E-state index is 0.662. The highest BCUT2D eigenvalue weighted by atomic mass is 31.2. The number of carbonyl (C=O) groups excluding carboxylic acids is 4. The average Bonchev–Trinajstić information content (AvgIpc) is 0.942. The molecule has 0 spiro atoms. The van der Waals surface area contributed by atoms with E-state index in [0.717, 1.165) is 44.4 Å². The van der Waals surface area contributed by atoms with Gasteiger partial charge in [0.25, 0.3) is 0 Å². The van der Waals surface area contributed by atoms with Gasteiger partial charge in [-0.2, -0.15) is 0 Å². The molecular weight excluding hydrogens is 1800 g/mol. The lowest BCUT2D eigenvalue weighted by molar-refractivity contribution is -0.479. The van der Waals surface area contributed by atoms with Crippen molar-refractivity contribution >= 4 is 82.0 Å². The summed E-state index contributed by atoms with van der Waals surface area (Å²) in [6.07, 6.45) is 34.0. The van der Waals surface area contributed by atoms with Crippen molar-refractivity contribution in [2.24, 2.45) is 0 Å². The Bertz CT molecular complexity index is 1740. The minimum Gasteiger partial charge on any atom is -0.907 e. The van der Waals surface area contributed by atoms with E-state index in [-0.39, 0.29) is 0 Å². The Morgan fingerprint density at radius 1 is 0.164 bits per heavy atom. The van der Waals surface area contributed by atoms with Crippen LogP contribution in [0.3, 0.4) is 0 Å². The highest BCUT2D eigenvalue weighted by Crippen LogP contribution is 2.61. The zero-order valence-corrected chi connectivity index (χ0v) is 92.6. The van der Waals surface area contributed by atoms with Crippen molar-refractivity contribution in [2.75, 3.05) is 409 Å². The maximum atomic E-state index is 8.93. The van der Waals surface area contributed by atoms with E-state index in [1.807, 2.05) is 0 Å². The van der Waals surface area contributed by atoms with Crippen LogP contribution in [0.25, 0.3) is 0 Å². The van der Waals surface area contributed by atoms with Crippen LogP contribution in [0, 0.1) is 0 Å². The molecule has 0 aromatic carbocycles. The summed E-state index contributed by atoms with van der Waals surface area (Å²) in [6, 6.07) is 0. The van der Waals surface area contributed by atoms with Gasteiger partial charge in [-0.1, -0.05) is 0 Å². The average molecular weight is 1990 g/mol. The van der Waals surface area contributed by atoms with Crippen LogP contribution < -0.4 is 35.5 Å². The Kier molecular flexibility index (Phi) is 130. The lowest BCUT2D eigenvalue weighted by Crippen LogP contribution is -2.56. The zero-order chi connectivity index (χ0) is 99.8. The number of hydrogen-bond donors (Lipinski definition) is 0. The van der Waals surface area contributed by atoms with Gasteiger partial charge in [0.05, 0.1) is 338 Å². The van der Waals surface area contributed by atoms with Gasteiger partial charge in [0.1, 0.15) is 0 Å². The summed E-state index contributed by atoms with van der Waals surface area (Å²) in [5.74, 6) is -8.74.